The Morgan fingerprint density at radius 1 is 1.00 bits per heavy atom. The minimum Gasteiger partial charge on any atom is -0.269 e. The van der Waals surface area contributed by atoms with E-state index in [0.29, 0.717) is 18.5 Å². The smallest absolute Gasteiger partial charge is 0.269 e. The molecule has 3 aromatic rings. The third-order valence-corrected chi connectivity index (χ3v) is 4.48. The van der Waals surface area contributed by atoms with Crippen LogP contribution >= 0.6 is 15.9 Å². The van der Waals surface area contributed by atoms with Gasteiger partial charge in [0.05, 0.1) is 11.1 Å². The van der Waals surface area contributed by atoms with Crippen molar-refractivity contribution in [3.05, 3.63) is 75.3 Å². The van der Waals surface area contributed by atoms with Gasteiger partial charge in [0.15, 0.2) is 0 Å². The first-order valence-corrected chi connectivity index (χ1v) is 8.82. The molecule has 0 amide bonds. The van der Waals surface area contributed by atoms with Gasteiger partial charge in [-0.25, -0.2) is 9.18 Å². The molecule has 0 N–H and O–H groups in total. The predicted octanol–water partition coefficient (Wildman–Crippen LogP) is 3.44. The van der Waals surface area contributed by atoms with E-state index in [-0.39, 0.29) is 11.1 Å². The minimum absolute atomic E-state index is 0.209. The third-order valence-electron chi connectivity index (χ3n) is 3.92. The molecule has 4 nitrogen and oxygen atoms in total. The molecule has 1 aromatic carbocycles. The van der Waals surface area contributed by atoms with Gasteiger partial charge in [-0.2, -0.15) is 0 Å². The number of aromatic nitrogens is 2. The van der Waals surface area contributed by atoms with E-state index in [2.05, 4.69) is 15.9 Å². The summed E-state index contributed by atoms with van der Waals surface area (Å²) in [7, 11) is 0. The Hall–Kier alpha value is -2.21. The summed E-state index contributed by atoms with van der Waals surface area (Å²) in [6.45, 7) is 0.308. The van der Waals surface area contributed by atoms with Crippen LogP contribution in [0.25, 0.3) is 16.6 Å². The highest BCUT2D eigenvalue weighted by Gasteiger charge is 2.17. The molecule has 0 radical (unpaired) electrons. The highest BCUT2D eigenvalue weighted by molar-refractivity contribution is 9.09. The number of hydrogen-bond donors (Lipinski definition) is 0. The quantitative estimate of drug-likeness (QED) is 0.494. The lowest BCUT2D eigenvalue weighted by Gasteiger charge is -2.12. The Labute approximate surface area is 146 Å². The average molecular weight is 391 g/mol. The minimum atomic E-state index is -0.481. The molecular formula is C18H16BrFN2O2. The first-order chi connectivity index (χ1) is 11.6. The highest BCUT2D eigenvalue weighted by Crippen LogP contribution is 2.23. The number of rotatable bonds is 5. The number of unbranched alkanes of at least 4 members (excludes halogenated alkanes) is 1. The van der Waals surface area contributed by atoms with Crippen LogP contribution in [-0.2, 0) is 6.54 Å². The Morgan fingerprint density at radius 3 is 2.50 bits per heavy atom. The molecule has 124 valence electrons. The van der Waals surface area contributed by atoms with Crippen LogP contribution < -0.4 is 11.2 Å². The van der Waals surface area contributed by atoms with E-state index in [4.69, 9.17) is 0 Å². The Balaban J connectivity index is 2.34. The van der Waals surface area contributed by atoms with Gasteiger partial charge in [0.25, 0.3) is 5.56 Å². The lowest BCUT2D eigenvalue weighted by atomic mass is 10.1. The fraction of sp³-hybridized carbons (Fsp3) is 0.222. The van der Waals surface area contributed by atoms with Gasteiger partial charge >= 0.3 is 5.69 Å². The van der Waals surface area contributed by atoms with Crippen molar-refractivity contribution in [2.24, 2.45) is 0 Å². The van der Waals surface area contributed by atoms with E-state index in [1.165, 1.54) is 15.0 Å². The predicted molar refractivity (Wildman–Crippen MR) is 96.3 cm³/mol. The highest BCUT2D eigenvalue weighted by atomic mass is 79.9. The van der Waals surface area contributed by atoms with E-state index in [9.17, 15) is 14.0 Å². The van der Waals surface area contributed by atoms with E-state index >= 15 is 0 Å². The normalized spacial score (nSPS) is 11.1. The van der Waals surface area contributed by atoms with Gasteiger partial charge in [-0.15, -0.1) is 0 Å². The molecule has 0 saturated carbocycles. The van der Waals surface area contributed by atoms with Gasteiger partial charge in [-0.1, -0.05) is 40.2 Å². The van der Waals surface area contributed by atoms with Crippen molar-refractivity contribution in [2.75, 3.05) is 5.33 Å². The van der Waals surface area contributed by atoms with Crippen molar-refractivity contribution in [3.8, 4) is 11.1 Å². The Bertz CT molecular complexity index is 994. The molecular weight excluding hydrogens is 375 g/mol. The fourth-order valence-electron chi connectivity index (χ4n) is 2.75. The summed E-state index contributed by atoms with van der Waals surface area (Å²) in [4.78, 5) is 25.6. The van der Waals surface area contributed by atoms with Crippen molar-refractivity contribution in [1.82, 2.24) is 8.97 Å². The standard InChI is InChI=1S/C18H16BrFN2O2/c19-10-4-6-12-22-17(23)16(13-7-1-2-8-14(13)20)15-9-3-5-11-21(15)18(22)24/h1-3,5,7-9,11H,4,6,10,12H2. The summed E-state index contributed by atoms with van der Waals surface area (Å²) in [5.74, 6) is -0.481. The molecule has 2 heterocycles. The third kappa shape index (κ3) is 2.94. The SMILES string of the molecule is O=c1c(-c2ccccc2F)c2ccccn2c(=O)n1CCCCBr. The van der Waals surface area contributed by atoms with Crippen LogP contribution in [0.2, 0.25) is 0 Å². The van der Waals surface area contributed by atoms with Gasteiger partial charge in [0, 0.05) is 23.6 Å². The summed E-state index contributed by atoms with van der Waals surface area (Å²) in [6.07, 6.45) is 3.14. The van der Waals surface area contributed by atoms with Gasteiger partial charge in [-0.05, 0) is 31.0 Å². The van der Waals surface area contributed by atoms with Crippen LogP contribution in [0.15, 0.2) is 58.3 Å². The van der Waals surface area contributed by atoms with Crippen LogP contribution in [0.3, 0.4) is 0 Å². The summed E-state index contributed by atoms with van der Waals surface area (Å²) < 4.78 is 16.9. The van der Waals surface area contributed by atoms with Crippen LogP contribution in [0, 0.1) is 5.82 Å². The van der Waals surface area contributed by atoms with Crippen molar-refractivity contribution in [2.45, 2.75) is 19.4 Å². The van der Waals surface area contributed by atoms with E-state index in [1.807, 2.05) is 0 Å². The molecule has 0 bridgehead atoms. The first-order valence-electron chi connectivity index (χ1n) is 7.70. The second-order valence-electron chi connectivity index (χ2n) is 5.45. The number of nitrogens with zero attached hydrogens (tertiary/aromatic N) is 2. The van der Waals surface area contributed by atoms with Crippen molar-refractivity contribution >= 4 is 21.4 Å². The molecule has 2 aromatic heterocycles. The van der Waals surface area contributed by atoms with Crippen molar-refractivity contribution in [3.63, 3.8) is 0 Å². The molecule has 0 atom stereocenters. The zero-order valence-electron chi connectivity index (χ0n) is 12.9. The zero-order valence-corrected chi connectivity index (χ0v) is 14.5. The summed E-state index contributed by atoms with van der Waals surface area (Å²) >= 11 is 3.34. The van der Waals surface area contributed by atoms with Crippen molar-refractivity contribution in [1.29, 1.82) is 0 Å². The molecule has 3 rings (SSSR count). The number of hydrogen-bond acceptors (Lipinski definition) is 2. The zero-order chi connectivity index (χ0) is 17.1. The van der Waals surface area contributed by atoms with E-state index in [1.54, 1.807) is 42.6 Å². The molecule has 0 aliphatic heterocycles. The maximum atomic E-state index is 14.3. The van der Waals surface area contributed by atoms with Crippen molar-refractivity contribution < 1.29 is 4.39 Å². The molecule has 0 saturated heterocycles. The molecule has 0 fully saturated rings. The summed E-state index contributed by atoms with van der Waals surface area (Å²) in [5.41, 5.74) is -0.0157. The molecule has 0 unspecified atom stereocenters. The van der Waals surface area contributed by atoms with Gasteiger partial charge < -0.3 is 0 Å². The lowest BCUT2D eigenvalue weighted by Crippen LogP contribution is -2.38. The molecule has 6 heteroatoms. The molecule has 0 aliphatic carbocycles. The number of fused-ring (bicyclic) bond motifs is 1. The van der Waals surface area contributed by atoms with Gasteiger partial charge in [-0.3, -0.25) is 13.8 Å². The summed E-state index contributed by atoms with van der Waals surface area (Å²) in [6, 6.07) is 11.2. The number of benzene rings is 1. The molecule has 0 aliphatic rings. The van der Waals surface area contributed by atoms with E-state index in [0.717, 1.165) is 11.8 Å². The first kappa shape index (κ1) is 16.6. The molecule has 0 spiro atoms. The van der Waals surface area contributed by atoms with Crippen LogP contribution in [0.1, 0.15) is 12.8 Å². The second kappa shape index (κ2) is 7.13. The largest absolute Gasteiger partial charge is 0.335 e. The number of pyridine rings is 1. The molecule has 24 heavy (non-hydrogen) atoms. The Kier molecular flexibility index (Phi) is 4.94. The maximum Gasteiger partial charge on any atom is 0.335 e. The number of halogens is 2. The monoisotopic (exact) mass is 390 g/mol. The summed E-state index contributed by atoms with van der Waals surface area (Å²) in [5, 5.41) is 0.802. The van der Waals surface area contributed by atoms with Crippen LogP contribution in [0.5, 0.6) is 0 Å². The number of alkyl halides is 1. The van der Waals surface area contributed by atoms with Gasteiger partial charge in [0.1, 0.15) is 5.82 Å². The van der Waals surface area contributed by atoms with Crippen LogP contribution in [0.4, 0.5) is 4.39 Å². The van der Waals surface area contributed by atoms with Crippen LogP contribution in [-0.4, -0.2) is 14.3 Å². The second-order valence-corrected chi connectivity index (χ2v) is 6.24. The van der Waals surface area contributed by atoms with E-state index < -0.39 is 17.1 Å². The average Bonchev–Trinajstić information content (AvgIpc) is 2.60. The maximum absolute atomic E-state index is 14.3. The Morgan fingerprint density at radius 2 is 1.75 bits per heavy atom. The van der Waals surface area contributed by atoms with Gasteiger partial charge in [0.2, 0.25) is 0 Å². The lowest BCUT2D eigenvalue weighted by molar-refractivity contribution is 0.580. The topological polar surface area (TPSA) is 43.5 Å². The fourth-order valence-corrected chi connectivity index (χ4v) is 3.15.